The molecule has 0 amide bonds. The van der Waals surface area contributed by atoms with Gasteiger partial charge in [0.05, 0.1) is 46.4 Å². The number of hydrogen-bond acceptors (Lipinski definition) is 7. The molecular weight excluding hydrogens is 450 g/mol. The summed E-state index contributed by atoms with van der Waals surface area (Å²) in [4.78, 5) is 5.95. The Morgan fingerprint density at radius 3 is 2.24 bits per heavy atom. The van der Waals surface area contributed by atoms with Crippen molar-refractivity contribution in [1.82, 2.24) is 4.68 Å². The van der Waals surface area contributed by atoms with Crippen molar-refractivity contribution in [3.8, 4) is 34.3 Å². The third-order valence-corrected chi connectivity index (χ3v) is 6.81. The van der Waals surface area contributed by atoms with Gasteiger partial charge in [-0.15, -0.1) is 11.3 Å². The molecule has 3 aromatic rings. The maximum absolute atomic E-state index is 5.63. The lowest BCUT2D eigenvalue weighted by Gasteiger charge is -2.17. The Bertz CT molecular complexity index is 1210. The smallest absolute Gasteiger partial charge is 0.206 e. The molecule has 0 spiro atoms. The maximum atomic E-state index is 5.63. The fraction of sp³-hybridized carbons (Fsp3) is 0.385. The van der Waals surface area contributed by atoms with Crippen LogP contribution in [0.1, 0.15) is 37.7 Å². The SMILES string of the molecule is COc1cc(OC)c(OC)cc1C=Nn1c(-c2ccccc2OC)csc1=NC1CCCCC1. The predicted molar refractivity (Wildman–Crippen MR) is 136 cm³/mol. The highest BCUT2D eigenvalue weighted by atomic mass is 32.1. The second kappa shape index (κ2) is 11.2. The fourth-order valence-electron chi connectivity index (χ4n) is 4.18. The van der Waals surface area contributed by atoms with E-state index in [-0.39, 0.29) is 0 Å². The van der Waals surface area contributed by atoms with Crippen LogP contribution in [0.5, 0.6) is 23.0 Å². The Hall–Kier alpha value is -3.26. The van der Waals surface area contributed by atoms with Crippen molar-refractivity contribution in [2.45, 2.75) is 38.1 Å². The van der Waals surface area contributed by atoms with Gasteiger partial charge in [0.2, 0.25) is 4.80 Å². The van der Waals surface area contributed by atoms with Crippen LogP contribution in [0.4, 0.5) is 0 Å². The molecule has 0 N–H and O–H groups in total. The Kier molecular flexibility index (Phi) is 7.90. The Balaban J connectivity index is 1.83. The first-order chi connectivity index (χ1) is 16.7. The normalized spacial score (nSPS) is 15.0. The highest BCUT2D eigenvalue weighted by molar-refractivity contribution is 7.07. The van der Waals surface area contributed by atoms with Gasteiger partial charge in [0.15, 0.2) is 11.5 Å². The van der Waals surface area contributed by atoms with Crippen molar-refractivity contribution in [1.29, 1.82) is 0 Å². The molecule has 0 saturated heterocycles. The summed E-state index contributed by atoms with van der Waals surface area (Å²) in [5, 5.41) is 6.96. The third kappa shape index (κ3) is 5.12. The summed E-state index contributed by atoms with van der Waals surface area (Å²) in [6.45, 7) is 0. The minimum atomic E-state index is 0.329. The zero-order valence-electron chi connectivity index (χ0n) is 20.1. The quantitative estimate of drug-likeness (QED) is 0.406. The van der Waals surface area contributed by atoms with Gasteiger partial charge >= 0.3 is 0 Å². The summed E-state index contributed by atoms with van der Waals surface area (Å²) in [5.74, 6) is 2.64. The average molecular weight is 482 g/mol. The third-order valence-electron chi connectivity index (χ3n) is 5.98. The van der Waals surface area contributed by atoms with Crippen molar-refractivity contribution in [2.75, 3.05) is 28.4 Å². The van der Waals surface area contributed by atoms with E-state index in [1.165, 1.54) is 19.3 Å². The molecule has 2 aromatic carbocycles. The molecule has 0 atom stereocenters. The number of para-hydroxylation sites is 1. The lowest BCUT2D eigenvalue weighted by atomic mass is 9.96. The molecule has 1 aromatic heterocycles. The molecule has 1 saturated carbocycles. The van der Waals surface area contributed by atoms with Gasteiger partial charge in [0, 0.05) is 22.6 Å². The van der Waals surface area contributed by atoms with Gasteiger partial charge in [-0.1, -0.05) is 31.4 Å². The Morgan fingerprint density at radius 1 is 0.853 bits per heavy atom. The molecule has 1 aliphatic carbocycles. The lowest BCUT2D eigenvalue weighted by Crippen LogP contribution is -2.19. The first kappa shape index (κ1) is 23.9. The van der Waals surface area contributed by atoms with Crippen LogP contribution < -0.4 is 23.7 Å². The van der Waals surface area contributed by atoms with Crippen molar-refractivity contribution < 1.29 is 18.9 Å². The first-order valence-electron chi connectivity index (χ1n) is 11.4. The maximum Gasteiger partial charge on any atom is 0.206 e. The minimum absolute atomic E-state index is 0.329. The number of aromatic nitrogens is 1. The van der Waals surface area contributed by atoms with E-state index in [0.29, 0.717) is 23.3 Å². The van der Waals surface area contributed by atoms with Crippen LogP contribution in [0.2, 0.25) is 0 Å². The van der Waals surface area contributed by atoms with Gasteiger partial charge in [-0.3, -0.25) is 4.99 Å². The molecule has 8 heteroatoms. The number of thiazole rings is 1. The topological polar surface area (TPSA) is 66.6 Å². The number of hydrogen-bond donors (Lipinski definition) is 0. The summed E-state index contributed by atoms with van der Waals surface area (Å²) in [5.41, 5.74) is 2.66. The van der Waals surface area contributed by atoms with E-state index in [2.05, 4.69) is 5.38 Å². The summed E-state index contributed by atoms with van der Waals surface area (Å²) in [6, 6.07) is 11.9. The molecule has 0 radical (unpaired) electrons. The van der Waals surface area contributed by atoms with E-state index in [4.69, 9.17) is 29.0 Å². The van der Waals surface area contributed by atoms with Crippen LogP contribution in [0.15, 0.2) is 51.9 Å². The summed E-state index contributed by atoms with van der Waals surface area (Å²) in [6.07, 6.45) is 7.76. The minimum Gasteiger partial charge on any atom is -0.496 e. The predicted octanol–water partition coefficient (Wildman–Crippen LogP) is 5.37. The highest BCUT2D eigenvalue weighted by Crippen LogP contribution is 2.34. The van der Waals surface area contributed by atoms with Crippen molar-refractivity contribution in [3.63, 3.8) is 0 Å². The van der Waals surface area contributed by atoms with E-state index >= 15 is 0 Å². The van der Waals surface area contributed by atoms with Crippen LogP contribution in [0.3, 0.4) is 0 Å². The second-order valence-corrected chi connectivity index (χ2v) is 8.87. The molecule has 1 heterocycles. The monoisotopic (exact) mass is 481 g/mol. The van der Waals surface area contributed by atoms with E-state index in [1.54, 1.807) is 52.1 Å². The Labute approximate surface area is 204 Å². The molecule has 0 bridgehead atoms. The number of benzene rings is 2. The summed E-state index contributed by atoms with van der Waals surface area (Å²) in [7, 11) is 6.52. The van der Waals surface area contributed by atoms with Crippen molar-refractivity contribution in [2.24, 2.45) is 10.1 Å². The number of ether oxygens (including phenoxy) is 4. The largest absolute Gasteiger partial charge is 0.496 e. The van der Waals surface area contributed by atoms with E-state index in [0.717, 1.165) is 40.2 Å². The van der Waals surface area contributed by atoms with Crippen LogP contribution in [-0.4, -0.2) is 45.4 Å². The van der Waals surface area contributed by atoms with Gasteiger partial charge in [-0.2, -0.15) is 5.10 Å². The Morgan fingerprint density at radius 2 is 1.53 bits per heavy atom. The van der Waals surface area contributed by atoms with E-state index < -0.39 is 0 Å². The first-order valence-corrected chi connectivity index (χ1v) is 12.3. The van der Waals surface area contributed by atoms with Crippen LogP contribution in [-0.2, 0) is 0 Å². The van der Waals surface area contributed by atoms with Crippen LogP contribution >= 0.6 is 11.3 Å². The lowest BCUT2D eigenvalue weighted by molar-refractivity contribution is 0.349. The van der Waals surface area contributed by atoms with Gasteiger partial charge in [0.1, 0.15) is 11.5 Å². The zero-order valence-corrected chi connectivity index (χ0v) is 20.9. The summed E-state index contributed by atoms with van der Waals surface area (Å²) >= 11 is 1.59. The molecular formula is C26H31N3O4S. The average Bonchev–Trinajstić information content (AvgIpc) is 3.29. The molecule has 7 nitrogen and oxygen atoms in total. The number of rotatable bonds is 8. The zero-order chi connectivity index (χ0) is 23.9. The molecule has 34 heavy (non-hydrogen) atoms. The van der Waals surface area contributed by atoms with Gasteiger partial charge in [-0.05, 0) is 31.0 Å². The molecule has 0 aliphatic heterocycles. The van der Waals surface area contributed by atoms with Gasteiger partial charge < -0.3 is 18.9 Å². The molecule has 1 fully saturated rings. The van der Waals surface area contributed by atoms with E-state index in [1.807, 2.05) is 35.0 Å². The van der Waals surface area contributed by atoms with Crippen LogP contribution in [0, 0.1) is 0 Å². The fourth-order valence-corrected chi connectivity index (χ4v) is 5.08. The second-order valence-electron chi connectivity index (χ2n) is 8.03. The molecule has 4 rings (SSSR count). The molecule has 180 valence electrons. The van der Waals surface area contributed by atoms with Gasteiger partial charge in [-0.25, -0.2) is 4.68 Å². The standard InChI is InChI=1S/C26H31N3O4S/c1-30-22-13-9-8-12-20(22)21-17-34-26(28-19-10-6-5-7-11-19)29(21)27-16-18-14-24(32-3)25(33-4)15-23(18)31-2/h8-9,12-17,19H,5-7,10-11H2,1-4H3. The number of methoxy groups -OCH3 is 4. The number of nitrogens with zero attached hydrogens (tertiary/aromatic N) is 3. The van der Waals surface area contributed by atoms with Gasteiger partial charge in [0.25, 0.3) is 0 Å². The molecule has 1 aliphatic rings. The summed E-state index contributed by atoms with van der Waals surface area (Å²) < 4.78 is 24.0. The highest BCUT2D eigenvalue weighted by Gasteiger charge is 2.16. The molecule has 0 unspecified atom stereocenters. The van der Waals surface area contributed by atoms with Crippen molar-refractivity contribution >= 4 is 17.6 Å². The van der Waals surface area contributed by atoms with Crippen molar-refractivity contribution in [3.05, 3.63) is 52.1 Å². The van der Waals surface area contributed by atoms with Crippen LogP contribution in [0.25, 0.3) is 11.3 Å². The van der Waals surface area contributed by atoms with E-state index in [9.17, 15) is 0 Å².